The first kappa shape index (κ1) is 9.64. The molecular formula is C10H11N3O2. The molecule has 2 rings (SSSR count). The first-order valence-electron chi connectivity index (χ1n) is 4.66. The fourth-order valence-electron chi connectivity index (χ4n) is 1.50. The van der Waals surface area contributed by atoms with Crippen LogP contribution in [0.3, 0.4) is 0 Å². The Balaban J connectivity index is 2.74. The summed E-state index contributed by atoms with van der Waals surface area (Å²) in [6.07, 6.45) is 5.61. The van der Waals surface area contributed by atoms with E-state index in [9.17, 15) is 4.79 Å². The van der Waals surface area contributed by atoms with Gasteiger partial charge in [0.25, 0.3) is 0 Å². The predicted molar refractivity (Wildman–Crippen MR) is 53.7 cm³/mol. The number of rotatable bonds is 2. The molecule has 2 aromatic heterocycles. The zero-order valence-corrected chi connectivity index (χ0v) is 8.60. The van der Waals surface area contributed by atoms with Gasteiger partial charge in [0, 0.05) is 0 Å². The lowest BCUT2D eigenvalue weighted by Gasteiger charge is -2.07. The molecule has 0 spiro atoms. The highest BCUT2D eigenvalue weighted by molar-refractivity contribution is 5.89. The second-order valence-corrected chi connectivity index (χ2v) is 3.09. The molecule has 0 atom stereocenters. The van der Waals surface area contributed by atoms with Crippen LogP contribution in [0, 0.1) is 0 Å². The lowest BCUT2D eigenvalue weighted by Crippen LogP contribution is -2.12. The third kappa shape index (κ3) is 1.45. The minimum atomic E-state index is -0.386. The maximum Gasteiger partial charge on any atom is 0.357 e. The van der Waals surface area contributed by atoms with Gasteiger partial charge in [-0.1, -0.05) is 6.92 Å². The average molecular weight is 205 g/mol. The summed E-state index contributed by atoms with van der Waals surface area (Å²) in [5.74, 6) is -0.386. The van der Waals surface area contributed by atoms with Crippen LogP contribution in [0.15, 0.2) is 18.7 Å². The number of hydrogen-bond donors (Lipinski definition) is 0. The number of aryl methyl sites for hydroxylation is 1. The van der Waals surface area contributed by atoms with Gasteiger partial charge >= 0.3 is 5.97 Å². The standard InChI is InChI=1S/C10H11N3O2/c1-3-8-9(10(14)15-2)13-6-11-4-7(13)5-12-8/h4-6H,3H2,1-2H3. The number of hydrogen-bond acceptors (Lipinski definition) is 4. The molecule has 0 N–H and O–H groups in total. The van der Waals surface area contributed by atoms with E-state index in [0.717, 1.165) is 5.52 Å². The van der Waals surface area contributed by atoms with Gasteiger partial charge in [0.15, 0.2) is 5.69 Å². The van der Waals surface area contributed by atoms with E-state index in [1.165, 1.54) is 7.11 Å². The summed E-state index contributed by atoms with van der Waals surface area (Å²) in [6, 6.07) is 0. The molecule has 0 unspecified atom stereocenters. The molecule has 0 aliphatic heterocycles. The zero-order valence-electron chi connectivity index (χ0n) is 8.60. The molecule has 0 aliphatic carbocycles. The van der Waals surface area contributed by atoms with E-state index >= 15 is 0 Å². The summed E-state index contributed by atoms with van der Waals surface area (Å²) in [5.41, 5.74) is 1.95. The molecule has 0 saturated heterocycles. The van der Waals surface area contributed by atoms with Crippen molar-refractivity contribution in [3.05, 3.63) is 30.1 Å². The van der Waals surface area contributed by atoms with E-state index < -0.39 is 0 Å². The Morgan fingerprint density at radius 2 is 2.33 bits per heavy atom. The molecule has 0 aromatic carbocycles. The number of carbonyl (C=O) groups excluding carboxylic acids is 1. The summed E-state index contributed by atoms with van der Waals surface area (Å²) < 4.78 is 6.42. The number of methoxy groups -OCH3 is 1. The average Bonchev–Trinajstić information content (AvgIpc) is 2.74. The van der Waals surface area contributed by atoms with Crippen LogP contribution >= 0.6 is 0 Å². The number of ether oxygens (including phenoxy) is 1. The summed E-state index contributed by atoms with van der Waals surface area (Å²) in [7, 11) is 1.36. The zero-order chi connectivity index (χ0) is 10.8. The molecule has 78 valence electrons. The molecule has 0 saturated carbocycles. The van der Waals surface area contributed by atoms with E-state index in [-0.39, 0.29) is 5.97 Å². The largest absolute Gasteiger partial charge is 0.464 e. The van der Waals surface area contributed by atoms with Gasteiger partial charge in [0.2, 0.25) is 0 Å². The SMILES string of the molecule is CCc1ncc2cncn2c1C(=O)OC. The van der Waals surface area contributed by atoms with Gasteiger partial charge in [-0.25, -0.2) is 9.78 Å². The fourth-order valence-corrected chi connectivity index (χ4v) is 1.50. The van der Waals surface area contributed by atoms with Crippen molar-refractivity contribution < 1.29 is 9.53 Å². The van der Waals surface area contributed by atoms with Crippen molar-refractivity contribution in [2.24, 2.45) is 0 Å². The van der Waals surface area contributed by atoms with E-state index in [4.69, 9.17) is 4.74 Å². The van der Waals surface area contributed by atoms with Crippen molar-refractivity contribution >= 4 is 11.5 Å². The third-order valence-electron chi connectivity index (χ3n) is 2.25. The van der Waals surface area contributed by atoms with Crippen molar-refractivity contribution in [1.82, 2.24) is 14.4 Å². The first-order chi connectivity index (χ1) is 7.27. The van der Waals surface area contributed by atoms with Crippen LogP contribution in [0.5, 0.6) is 0 Å². The van der Waals surface area contributed by atoms with Crippen molar-refractivity contribution in [1.29, 1.82) is 0 Å². The minimum absolute atomic E-state index is 0.386. The van der Waals surface area contributed by atoms with E-state index in [0.29, 0.717) is 17.8 Å². The van der Waals surface area contributed by atoms with Gasteiger partial charge in [-0.05, 0) is 6.42 Å². The van der Waals surface area contributed by atoms with Crippen LogP contribution in [0.25, 0.3) is 5.52 Å². The molecular weight excluding hydrogens is 194 g/mol. The number of esters is 1. The normalized spacial score (nSPS) is 10.5. The van der Waals surface area contributed by atoms with Gasteiger partial charge in [-0.3, -0.25) is 9.38 Å². The number of carbonyl (C=O) groups is 1. The van der Waals surface area contributed by atoms with Crippen LogP contribution < -0.4 is 0 Å². The van der Waals surface area contributed by atoms with Gasteiger partial charge < -0.3 is 4.74 Å². The molecule has 2 heterocycles. The van der Waals surface area contributed by atoms with Crippen LogP contribution in [-0.2, 0) is 11.2 Å². The van der Waals surface area contributed by atoms with Gasteiger partial charge in [-0.2, -0.15) is 0 Å². The molecule has 5 nitrogen and oxygen atoms in total. The summed E-state index contributed by atoms with van der Waals surface area (Å²) in [6.45, 7) is 1.94. The lowest BCUT2D eigenvalue weighted by atomic mass is 10.2. The molecule has 15 heavy (non-hydrogen) atoms. The third-order valence-corrected chi connectivity index (χ3v) is 2.25. The Kier molecular flexibility index (Phi) is 2.37. The number of fused-ring (bicyclic) bond motifs is 1. The number of aromatic nitrogens is 3. The number of imidazole rings is 1. The molecule has 5 heteroatoms. The number of nitrogens with zero attached hydrogens (tertiary/aromatic N) is 3. The first-order valence-corrected chi connectivity index (χ1v) is 4.66. The molecule has 0 radical (unpaired) electrons. The van der Waals surface area contributed by atoms with E-state index in [1.54, 1.807) is 23.1 Å². The fraction of sp³-hybridized carbons (Fsp3) is 0.300. The van der Waals surface area contributed by atoms with E-state index in [1.807, 2.05) is 6.92 Å². The van der Waals surface area contributed by atoms with Crippen molar-refractivity contribution in [3.63, 3.8) is 0 Å². The van der Waals surface area contributed by atoms with Gasteiger partial charge in [-0.15, -0.1) is 0 Å². The Hall–Kier alpha value is -1.91. The van der Waals surface area contributed by atoms with Crippen molar-refractivity contribution in [3.8, 4) is 0 Å². The maximum atomic E-state index is 11.6. The Morgan fingerprint density at radius 1 is 1.53 bits per heavy atom. The van der Waals surface area contributed by atoms with Crippen molar-refractivity contribution in [2.45, 2.75) is 13.3 Å². The molecule has 0 aliphatic rings. The topological polar surface area (TPSA) is 56.5 Å². The monoisotopic (exact) mass is 205 g/mol. The second-order valence-electron chi connectivity index (χ2n) is 3.09. The highest BCUT2D eigenvalue weighted by atomic mass is 16.5. The molecule has 0 amide bonds. The maximum absolute atomic E-state index is 11.6. The van der Waals surface area contributed by atoms with Crippen LogP contribution in [0.1, 0.15) is 23.1 Å². The molecule has 0 fully saturated rings. The van der Waals surface area contributed by atoms with Crippen LogP contribution in [-0.4, -0.2) is 27.4 Å². The van der Waals surface area contributed by atoms with Gasteiger partial charge in [0.1, 0.15) is 0 Å². The second kappa shape index (κ2) is 3.68. The highest BCUT2D eigenvalue weighted by Crippen LogP contribution is 2.11. The minimum Gasteiger partial charge on any atom is -0.464 e. The highest BCUT2D eigenvalue weighted by Gasteiger charge is 2.16. The Bertz CT molecular complexity index is 504. The summed E-state index contributed by atoms with van der Waals surface area (Å²) in [4.78, 5) is 19.8. The summed E-state index contributed by atoms with van der Waals surface area (Å²) in [5, 5.41) is 0. The summed E-state index contributed by atoms with van der Waals surface area (Å²) >= 11 is 0. The Labute approximate surface area is 86.7 Å². The predicted octanol–water partition coefficient (Wildman–Crippen LogP) is 1.08. The quantitative estimate of drug-likeness (QED) is 0.688. The van der Waals surface area contributed by atoms with Crippen LogP contribution in [0.2, 0.25) is 0 Å². The van der Waals surface area contributed by atoms with Crippen molar-refractivity contribution in [2.75, 3.05) is 7.11 Å². The molecule has 0 bridgehead atoms. The smallest absolute Gasteiger partial charge is 0.357 e. The van der Waals surface area contributed by atoms with Crippen LogP contribution in [0.4, 0.5) is 0 Å². The van der Waals surface area contributed by atoms with Gasteiger partial charge in [0.05, 0.1) is 37.0 Å². The Morgan fingerprint density at radius 3 is 3.00 bits per heavy atom. The van der Waals surface area contributed by atoms with E-state index in [2.05, 4.69) is 9.97 Å². The lowest BCUT2D eigenvalue weighted by molar-refractivity contribution is 0.0590. The molecule has 2 aromatic rings.